The summed E-state index contributed by atoms with van der Waals surface area (Å²) in [7, 11) is 0. The normalized spacial score (nSPS) is 18.1. The monoisotopic (exact) mass is 480 g/mol. The first-order valence-corrected chi connectivity index (χ1v) is 12.2. The zero-order chi connectivity index (χ0) is 24.8. The van der Waals surface area contributed by atoms with E-state index in [1.807, 2.05) is 6.92 Å². The van der Waals surface area contributed by atoms with Crippen molar-refractivity contribution in [2.45, 2.75) is 52.1 Å². The number of hydrogen-bond acceptors (Lipinski definition) is 2. The quantitative estimate of drug-likeness (QED) is 0.301. The van der Waals surface area contributed by atoms with E-state index in [4.69, 9.17) is 9.47 Å². The molecule has 0 heterocycles. The van der Waals surface area contributed by atoms with Gasteiger partial charge >= 0.3 is 0 Å². The fourth-order valence-electron chi connectivity index (χ4n) is 4.79. The number of hydrogen-bond donors (Lipinski definition) is 0. The molecule has 0 spiro atoms. The van der Waals surface area contributed by atoms with E-state index in [2.05, 4.69) is 12.2 Å². The molecule has 1 fully saturated rings. The maximum atomic E-state index is 15.0. The summed E-state index contributed by atoms with van der Waals surface area (Å²) in [5, 5.41) is 0. The summed E-state index contributed by atoms with van der Waals surface area (Å²) >= 11 is 0. The lowest BCUT2D eigenvalue weighted by Crippen LogP contribution is -2.13. The van der Waals surface area contributed by atoms with Gasteiger partial charge in [-0.05, 0) is 80.2 Å². The van der Waals surface area contributed by atoms with Gasteiger partial charge in [0.15, 0.2) is 23.2 Å². The highest BCUT2D eigenvalue weighted by Gasteiger charge is 2.25. The molecule has 0 aliphatic heterocycles. The van der Waals surface area contributed by atoms with E-state index in [0.29, 0.717) is 29.4 Å². The van der Waals surface area contributed by atoms with Crippen molar-refractivity contribution < 1.29 is 22.6 Å². The van der Waals surface area contributed by atoms with E-state index in [9.17, 15) is 4.39 Å². The molecule has 0 saturated heterocycles. The Kier molecular flexibility index (Phi) is 8.17. The average molecular weight is 481 g/mol. The fraction of sp³-hybridized carbons (Fsp3) is 0.333. The van der Waals surface area contributed by atoms with Crippen molar-refractivity contribution in [3.8, 4) is 22.6 Å². The molecule has 0 N–H and O–H groups in total. The highest BCUT2D eigenvalue weighted by Crippen LogP contribution is 2.39. The number of halogens is 3. The van der Waals surface area contributed by atoms with Gasteiger partial charge in [0.1, 0.15) is 12.4 Å². The predicted molar refractivity (Wildman–Crippen MR) is 133 cm³/mol. The van der Waals surface area contributed by atoms with Gasteiger partial charge in [-0.3, -0.25) is 0 Å². The van der Waals surface area contributed by atoms with Gasteiger partial charge in [0.05, 0.1) is 6.61 Å². The third kappa shape index (κ3) is 5.90. The van der Waals surface area contributed by atoms with Crippen LogP contribution in [0, 0.1) is 23.4 Å². The highest BCUT2D eigenvalue weighted by molar-refractivity contribution is 5.65. The molecule has 4 rings (SSSR count). The molecule has 1 aliphatic rings. The van der Waals surface area contributed by atoms with E-state index >= 15 is 8.78 Å². The van der Waals surface area contributed by atoms with Crippen LogP contribution in [-0.2, 0) is 6.61 Å². The van der Waals surface area contributed by atoms with Crippen molar-refractivity contribution in [3.05, 3.63) is 95.3 Å². The summed E-state index contributed by atoms with van der Waals surface area (Å²) < 4.78 is 54.9. The van der Waals surface area contributed by atoms with Crippen LogP contribution in [0.25, 0.3) is 11.1 Å². The Hall–Kier alpha value is -3.21. The minimum Gasteiger partial charge on any atom is -0.491 e. The summed E-state index contributed by atoms with van der Waals surface area (Å²) in [6, 6.07) is 15.0. The number of benzene rings is 3. The van der Waals surface area contributed by atoms with Crippen LogP contribution in [0.15, 0.2) is 66.7 Å². The van der Waals surface area contributed by atoms with Crippen LogP contribution < -0.4 is 9.47 Å². The van der Waals surface area contributed by atoms with Crippen LogP contribution in [0.3, 0.4) is 0 Å². The molecule has 0 amide bonds. The second-order valence-corrected chi connectivity index (χ2v) is 8.98. The van der Waals surface area contributed by atoms with Crippen molar-refractivity contribution in [1.29, 1.82) is 0 Å². The van der Waals surface area contributed by atoms with Crippen LogP contribution >= 0.6 is 0 Å². The third-order valence-electron chi connectivity index (χ3n) is 6.66. The van der Waals surface area contributed by atoms with E-state index in [1.54, 1.807) is 49.4 Å². The molecule has 2 nitrogen and oxygen atoms in total. The standard InChI is InChI=1S/C30H31F3O2/c1-3-5-20-6-10-22(11-7-20)25-15-16-26(30(33)29(25)32)23-12-8-21(9-13-23)19-35-24-14-17-28(34-4-2)27(31)18-24/h3,5,8-9,12-18,20,22H,4,6-7,10-11,19H2,1-2H3. The molecule has 3 aromatic rings. The largest absolute Gasteiger partial charge is 0.491 e. The SMILES string of the molecule is CC=CC1CCC(c2ccc(-c3ccc(COc4ccc(OCC)c(F)c4)cc3)c(F)c2F)CC1. The van der Waals surface area contributed by atoms with Gasteiger partial charge < -0.3 is 9.47 Å². The third-order valence-corrected chi connectivity index (χ3v) is 6.66. The van der Waals surface area contributed by atoms with Gasteiger partial charge in [-0.25, -0.2) is 13.2 Å². The Morgan fingerprint density at radius 1 is 0.857 bits per heavy atom. The molecule has 0 radical (unpaired) electrons. The Morgan fingerprint density at radius 2 is 1.60 bits per heavy atom. The number of rotatable bonds is 8. The molecule has 1 aliphatic carbocycles. The molecular formula is C30H31F3O2. The molecule has 1 saturated carbocycles. The summed E-state index contributed by atoms with van der Waals surface area (Å²) in [4.78, 5) is 0. The molecule has 5 heteroatoms. The van der Waals surface area contributed by atoms with Crippen molar-refractivity contribution in [2.75, 3.05) is 6.61 Å². The Balaban J connectivity index is 1.42. The lowest BCUT2D eigenvalue weighted by Gasteiger charge is -2.27. The van der Waals surface area contributed by atoms with E-state index < -0.39 is 17.5 Å². The summed E-state index contributed by atoms with van der Waals surface area (Å²) in [5.74, 6) is -0.837. The minimum absolute atomic E-state index is 0.0621. The second kappa shape index (κ2) is 11.5. The molecule has 0 bridgehead atoms. The van der Waals surface area contributed by atoms with Crippen molar-refractivity contribution in [2.24, 2.45) is 5.92 Å². The first-order chi connectivity index (χ1) is 17.0. The highest BCUT2D eigenvalue weighted by atomic mass is 19.2. The van der Waals surface area contributed by atoms with Crippen molar-refractivity contribution in [1.82, 2.24) is 0 Å². The molecule has 184 valence electrons. The van der Waals surface area contributed by atoms with Gasteiger partial charge in [0, 0.05) is 11.6 Å². The topological polar surface area (TPSA) is 18.5 Å². The van der Waals surface area contributed by atoms with Gasteiger partial charge in [-0.2, -0.15) is 0 Å². The van der Waals surface area contributed by atoms with Gasteiger partial charge in [-0.1, -0.05) is 48.6 Å². The van der Waals surface area contributed by atoms with Gasteiger partial charge in [0.2, 0.25) is 0 Å². The van der Waals surface area contributed by atoms with Crippen LogP contribution in [0.5, 0.6) is 11.5 Å². The fourth-order valence-corrected chi connectivity index (χ4v) is 4.79. The van der Waals surface area contributed by atoms with Gasteiger partial charge in [0.25, 0.3) is 0 Å². The van der Waals surface area contributed by atoms with Gasteiger partial charge in [-0.15, -0.1) is 0 Å². The lowest BCUT2D eigenvalue weighted by molar-refractivity contribution is 0.297. The predicted octanol–water partition coefficient (Wildman–Crippen LogP) is 8.60. The number of ether oxygens (including phenoxy) is 2. The first kappa shape index (κ1) is 24.9. The summed E-state index contributed by atoms with van der Waals surface area (Å²) in [6.07, 6.45) is 8.03. The zero-order valence-electron chi connectivity index (χ0n) is 20.2. The molecule has 0 unspecified atom stereocenters. The smallest absolute Gasteiger partial charge is 0.168 e. The molecule has 35 heavy (non-hydrogen) atoms. The first-order valence-electron chi connectivity index (χ1n) is 12.2. The maximum Gasteiger partial charge on any atom is 0.168 e. The van der Waals surface area contributed by atoms with Crippen molar-refractivity contribution >= 4 is 0 Å². The number of allylic oxidation sites excluding steroid dienone is 2. The Bertz CT molecular complexity index is 1160. The minimum atomic E-state index is -0.799. The summed E-state index contributed by atoms with van der Waals surface area (Å²) in [5.41, 5.74) is 2.16. The maximum absolute atomic E-state index is 15.0. The second-order valence-electron chi connectivity index (χ2n) is 8.98. The molecular weight excluding hydrogens is 449 g/mol. The Morgan fingerprint density at radius 3 is 2.26 bits per heavy atom. The van der Waals surface area contributed by atoms with Crippen LogP contribution in [0.4, 0.5) is 13.2 Å². The summed E-state index contributed by atoms with van der Waals surface area (Å²) in [6.45, 7) is 4.41. The van der Waals surface area contributed by atoms with E-state index in [-0.39, 0.29) is 23.8 Å². The van der Waals surface area contributed by atoms with Crippen molar-refractivity contribution in [3.63, 3.8) is 0 Å². The lowest BCUT2D eigenvalue weighted by atomic mass is 9.78. The average Bonchev–Trinajstić information content (AvgIpc) is 2.87. The van der Waals surface area contributed by atoms with E-state index in [0.717, 1.165) is 31.2 Å². The van der Waals surface area contributed by atoms with E-state index in [1.165, 1.54) is 12.1 Å². The molecule has 0 aromatic heterocycles. The molecule has 3 aromatic carbocycles. The Labute approximate surface area is 205 Å². The van der Waals surface area contributed by atoms with Crippen LogP contribution in [0.2, 0.25) is 0 Å². The van der Waals surface area contributed by atoms with Crippen LogP contribution in [0.1, 0.15) is 56.6 Å². The molecule has 0 atom stereocenters. The van der Waals surface area contributed by atoms with Crippen LogP contribution in [-0.4, -0.2) is 6.61 Å². The zero-order valence-corrected chi connectivity index (χ0v) is 20.2.